The molecule has 138 valence electrons. The Labute approximate surface area is 153 Å². The molecule has 0 N–H and O–H groups in total. The topological polar surface area (TPSA) is 65.1 Å². The molecular weight excluding hydrogens is 334 g/mol. The van der Waals surface area contributed by atoms with Gasteiger partial charge in [0.1, 0.15) is 5.56 Å². The van der Waals surface area contributed by atoms with E-state index >= 15 is 0 Å². The maximum atomic E-state index is 12.5. The largest absolute Gasteiger partial charge is 0.493 e. The van der Waals surface area contributed by atoms with Gasteiger partial charge in [0, 0.05) is 13.6 Å². The minimum atomic E-state index is -0.924. The van der Waals surface area contributed by atoms with Crippen LogP contribution in [0.5, 0.6) is 11.5 Å². The van der Waals surface area contributed by atoms with Crippen molar-refractivity contribution < 1.29 is 23.8 Å². The van der Waals surface area contributed by atoms with Gasteiger partial charge in [0.15, 0.2) is 17.6 Å². The fraction of sp³-hybridized carbons (Fsp3) is 0.300. The molecule has 0 aliphatic heterocycles. The number of carbonyl (C=O) groups is 2. The molecule has 2 aromatic carbocycles. The summed E-state index contributed by atoms with van der Waals surface area (Å²) in [4.78, 5) is 26.5. The van der Waals surface area contributed by atoms with E-state index in [1.807, 2.05) is 30.3 Å². The number of para-hydroxylation sites is 1. The highest BCUT2D eigenvalue weighted by Crippen LogP contribution is 2.31. The van der Waals surface area contributed by atoms with Crippen molar-refractivity contribution in [2.24, 2.45) is 0 Å². The number of esters is 1. The van der Waals surface area contributed by atoms with Crippen LogP contribution in [0.3, 0.4) is 0 Å². The number of likely N-dealkylation sites (N-methyl/N-ethyl adjacent to an activating group) is 1. The van der Waals surface area contributed by atoms with Crippen LogP contribution in [0.15, 0.2) is 48.5 Å². The second-order valence-electron chi connectivity index (χ2n) is 5.77. The monoisotopic (exact) mass is 357 g/mol. The van der Waals surface area contributed by atoms with E-state index in [0.717, 1.165) is 5.56 Å². The third-order valence-corrected chi connectivity index (χ3v) is 3.89. The molecule has 1 atom stereocenters. The number of hydrogen-bond donors (Lipinski definition) is 0. The van der Waals surface area contributed by atoms with E-state index in [4.69, 9.17) is 14.2 Å². The molecule has 0 radical (unpaired) electrons. The number of rotatable bonds is 7. The highest BCUT2D eigenvalue weighted by atomic mass is 16.6. The average Bonchev–Trinajstić information content (AvgIpc) is 2.67. The summed E-state index contributed by atoms with van der Waals surface area (Å²) in [5.41, 5.74) is 1.20. The van der Waals surface area contributed by atoms with Gasteiger partial charge in [-0.1, -0.05) is 36.4 Å². The van der Waals surface area contributed by atoms with Gasteiger partial charge in [0.2, 0.25) is 0 Å². The molecule has 0 heterocycles. The van der Waals surface area contributed by atoms with E-state index in [1.165, 1.54) is 19.1 Å². The average molecular weight is 357 g/mol. The van der Waals surface area contributed by atoms with Crippen LogP contribution in [0.2, 0.25) is 0 Å². The number of benzene rings is 2. The third kappa shape index (κ3) is 4.53. The van der Waals surface area contributed by atoms with Crippen molar-refractivity contribution in [1.29, 1.82) is 0 Å². The van der Waals surface area contributed by atoms with Gasteiger partial charge in [-0.2, -0.15) is 0 Å². The predicted molar refractivity (Wildman–Crippen MR) is 97.3 cm³/mol. The summed E-state index contributed by atoms with van der Waals surface area (Å²) in [7, 11) is 4.60. The molecule has 0 bridgehead atoms. The Balaban J connectivity index is 2.05. The summed E-state index contributed by atoms with van der Waals surface area (Å²) >= 11 is 0. The molecule has 6 nitrogen and oxygen atoms in total. The van der Waals surface area contributed by atoms with Crippen LogP contribution in [0.25, 0.3) is 0 Å². The number of methoxy groups -OCH3 is 2. The molecule has 0 spiro atoms. The Morgan fingerprint density at radius 3 is 2.31 bits per heavy atom. The van der Waals surface area contributed by atoms with Crippen molar-refractivity contribution in [2.45, 2.75) is 19.6 Å². The van der Waals surface area contributed by atoms with Crippen LogP contribution in [0, 0.1) is 0 Å². The number of nitrogens with zero attached hydrogens (tertiary/aromatic N) is 1. The summed E-state index contributed by atoms with van der Waals surface area (Å²) in [6.45, 7) is 1.98. The molecular formula is C20H23NO5. The van der Waals surface area contributed by atoms with Crippen molar-refractivity contribution in [3.8, 4) is 11.5 Å². The smallest absolute Gasteiger partial charge is 0.342 e. The minimum Gasteiger partial charge on any atom is -0.493 e. The Morgan fingerprint density at radius 2 is 1.69 bits per heavy atom. The van der Waals surface area contributed by atoms with Crippen LogP contribution in [0.4, 0.5) is 0 Å². The Kier molecular flexibility index (Phi) is 6.60. The first-order valence-electron chi connectivity index (χ1n) is 8.18. The first-order chi connectivity index (χ1) is 12.5. The molecule has 0 aromatic heterocycles. The molecule has 0 aliphatic carbocycles. The lowest BCUT2D eigenvalue weighted by molar-refractivity contribution is -0.139. The van der Waals surface area contributed by atoms with Gasteiger partial charge in [0.05, 0.1) is 14.2 Å². The normalized spacial score (nSPS) is 11.4. The molecule has 1 amide bonds. The molecule has 6 heteroatoms. The molecule has 0 fully saturated rings. The lowest BCUT2D eigenvalue weighted by Crippen LogP contribution is -2.37. The fourth-order valence-electron chi connectivity index (χ4n) is 2.57. The Bertz CT molecular complexity index is 760. The van der Waals surface area contributed by atoms with E-state index in [0.29, 0.717) is 12.3 Å². The maximum Gasteiger partial charge on any atom is 0.342 e. The van der Waals surface area contributed by atoms with Crippen LogP contribution in [-0.2, 0) is 16.1 Å². The summed E-state index contributed by atoms with van der Waals surface area (Å²) in [5, 5.41) is 0. The van der Waals surface area contributed by atoms with E-state index in [-0.39, 0.29) is 17.2 Å². The molecule has 2 aromatic rings. The molecule has 0 aliphatic rings. The zero-order chi connectivity index (χ0) is 19.1. The van der Waals surface area contributed by atoms with Gasteiger partial charge in [-0.25, -0.2) is 4.79 Å². The van der Waals surface area contributed by atoms with Crippen LogP contribution >= 0.6 is 0 Å². The Morgan fingerprint density at radius 1 is 1.00 bits per heavy atom. The summed E-state index contributed by atoms with van der Waals surface area (Å²) in [5.74, 6) is -0.238. The van der Waals surface area contributed by atoms with Crippen molar-refractivity contribution in [3.63, 3.8) is 0 Å². The Hall–Kier alpha value is -3.02. The molecule has 0 unspecified atom stereocenters. The number of carbonyl (C=O) groups excluding carboxylic acids is 2. The van der Waals surface area contributed by atoms with Gasteiger partial charge in [-0.3, -0.25) is 4.79 Å². The van der Waals surface area contributed by atoms with Crippen molar-refractivity contribution in [2.75, 3.05) is 21.3 Å². The first-order valence-corrected chi connectivity index (χ1v) is 8.18. The summed E-state index contributed by atoms with van der Waals surface area (Å²) in [6, 6.07) is 14.5. The van der Waals surface area contributed by atoms with Crippen LogP contribution in [0.1, 0.15) is 22.8 Å². The lowest BCUT2D eigenvalue weighted by atomic mass is 10.2. The minimum absolute atomic E-state index is 0.206. The van der Waals surface area contributed by atoms with Gasteiger partial charge in [-0.15, -0.1) is 0 Å². The predicted octanol–water partition coefficient (Wildman–Crippen LogP) is 2.91. The van der Waals surface area contributed by atoms with E-state index < -0.39 is 12.1 Å². The third-order valence-electron chi connectivity index (χ3n) is 3.89. The zero-order valence-electron chi connectivity index (χ0n) is 15.4. The number of ether oxygens (including phenoxy) is 3. The summed E-state index contributed by atoms with van der Waals surface area (Å²) < 4.78 is 15.7. The highest BCUT2D eigenvalue weighted by Gasteiger charge is 2.25. The van der Waals surface area contributed by atoms with Crippen molar-refractivity contribution in [1.82, 2.24) is 4.90 Å². The lowest BCUT2D eigenvalue weighted by Gasteiger charge is -2.22. The number of hydrogen-bond acceptors (Lipinski definition) is 5. The van der Waals surface area contributed by atoms with Crippen LogP contribution < -0.4 is 9.47 Å². The van der Waals surface area contributed by atoms with Crippen molar-refractivity contribution >= 4 is 11.9 Å². The quantitative estimate of drug-likeness (QED) is 0.713. The highest BCUT2D eigenvalue weighted by molar-refractivity contribution is 5.95. The van der Waals surface area contributed by atoms with Crippen LogP contribution in [-0.4, -0.2) is 44.1 Å². The second-order valence-corrected chi connectivity index (χ2v) is 5.77. The zero-order valence-corrected chi connectivity index (χ0v) is 15.4. The number of amides is 1. The molecule has 0 saturated carbocycles. The maximum absolute atomic E-state index is 12.5. The second kappa shape index (κ2) is 8.89. The van der Waals surface area contributed by atoms with Gasteiger partial charge in [-0.05, 0) is 24.6 Å². The van der Waals surface area contributed by atoms with Gasteiger partial charge >= 0.3 is 5.97 Å². The molecule has 0 saturated heterocycles. The first kappa shape index (κ1) is 19.3. The standard InChI is InChI=1S/C20H23NO5/c1-14(19(22)21(2)13-15-9-6-5-7-10-15)26-20(23)16-11-8-12-17(24-3)18(16)25-4/h5-12,14H,13H2,1-4H3/t14-/m0/s1. The van der Waals surface area contributed by atoms with Gasteiger partial charge < -0.3 is 19.1 Å². The fourth-order valence-corrected chi connectivity index (χ4v) is 2.57. The van der Waals surface area contributed by atoms with E-state index in [9.17, 15) is 9.59 Å². The molecule has 2 rings (SSSR count). The molecule has 26 heavy (non-hydrogen) atoms. The summed E-state index contributed by atoms with van der Waals surface area (Å²) in [6.07, 6.45) is -0.924. The van der Waals surface area contributed by atoms with E-state index in [1.54, 1.807) is 32.2 Å². The van der Waals surface area contributed by atoms with Crippen molar-refractivity contribution in [3.05, 3.63) is 59.7 Å². The van der Waals surface area contributed by atoms with E-state index in [2.05, 4.69) is 0 Å². The SMILES string of the molecule is COc1cccc(C(=O)O[C@@H](C)C(=O)N(C)Cc2ccccc2)c1OC. The van der Waals surface area contributed by atoms with Gasteiger partial charge in [0.25, 0.3) is 5.91 Å².